The SMILES string of the molecule is Cc1cc2nnc(-c3cc(F)c(F)cc3N)n2cn1. The van der Waals surface area contributed by atoms with Crippen molar-refractivity contribution in [1.82, 2.24) is 19.6 Å². The molecule has 0 aliphatic heterocycles. The van der Waals surface area contributed by atoms with Crippen LogP contribution < -0.4 is 5.73 Å². The standard InChI is InChI=1S/C12H9F2N5/c1-6-2-11-17-18-12(19(11)5-16-6)7-3-8(13)9(14)4-10(7)15/h2-5H,15H2,1H3. The Morgan fingerprint density at radius 1 is 1.11 bits per heavy atom. The molecule has 0 fully saturated rings. The van der Waals surface area contributed by atoms with Gasteiger partial charge in [-0.3, -0.25) is 4.40 Å². The molecular weight excluding hydrogens is 252 g/mol. The van der Waals surface area contributed by atoms with Gasteiger partial charge in [0.1, 0.15) is 6.33 Å². The first-order chi connectivity index (χ1) is 9.06. The summed E-state index contributed by atoms with van der Waals surface area (Å²) >= 11 is 0. The Morgan fingerprint density at radius 2 is 1.84 bits per heavy atom. The minimum atomic E-state index is -0.996. The summed E-state index contributed by atoms with van der Waals surface area (Å²) in [6.07, 6.45) is 1.51. The van der Waals surface area contributed by atoms with Crippen LogP contribution in [0.25, 0.3) is 17.0 Å². The molecule has 3 aromatic rings. The lowest BCUT2D eigenvalue weighted by atomic mass is 10.1. The van der Waals surface area contributed by atoms with Crippen molar-refractivity contribution in [3.8, 4) is 11.4 Å². The van der Waals surface area contributed by atoms with Crippen LogP contribution in [0.4, 0.5) is 14.5 Å². The monoisotopic (exact) mass is 261 g/mol. The Labute approximate surface area is 106 Å². The highest BCUT2D eigenvalue weighted by molar-refractivity contribution is 5.73. The quantitative estimate of drug-likeness (QED) is 0.680. The molecule has 0 saturated carbocycles. The van der Waals surface area contributed by atoms with Crippen molar-refractivity contribution in [2.24, 2.45) is 0 Å². The minimum Gasteiger partial charge on any atom is -0.398 e. The van der Waals surface area contributed by atoms with Crippen LogP contribution in [0.5, 0.6) is 0 Å². The third-order valence-corrected chi connectivity index (χ3v) is 2.77. The van der Waals surface area contributed by atoms with E-state index >= 15 is 0 Å². The van der Waals surface area contributed by atoms with E-state index in [2.05, 4.69) is 15.2 Å². The summed E-state index contributed by atoms with van der Waals surface area (Å²) in [5.41, 5.74) is 7.40. The third-order valence-electron chi connectivity index (χ3n) is 2.77. The molecule has 5 nitrogen and oxygen atoms in total. The Morgan fingerprint density at radius 3 is 2.63 bits per heavy atom. The number of nitrogens with two attached hydrogens (primary N) is 1. The maximum absolute atomic E-state index is 13.3. The van der Waals surface area contributed by atoms with Crippen LogP contribution >= 0.6 is 0 Å². The van der Waals surface area contributed by atoms with E-state index in [1.807, 2.05) is 6.92 Å². The zero-order valence-electron chi connectivity index (χ0n) is 9.93. The number of anilines is 1. The maximum atomic E-state index is 13.3. The van der Waals surface area contributed by atoms with E-state index in [0.717, 1.165) is 17.8 Å². The maximum Gasteiger partial charge on any atom is 0.171 e. The van der Waals surface area contributed by atoms with Crippen molar-refractivity contribution in [3.05, 3.63) is 41.9 Å². The number of halogens is 2. The Balaban J connectivity index is 2.28. The highest BCUT2D eigenvalue weighted by Gasteiger charge is 2.15. The summed E-state index contributed by atoms with van der Waals surface area (Å²) in [6, 6.07) is 3.65. The van der Waals surface area contributed by atoms with Crippen LogP contribution in [0.1, 0.15) is 5.69 Å². The molecule has 2 N–H and O–H groups in total. The molecule has 0 saturated heterocycles. The number of aromatic nitrogens is 4. The van der Waals surface area contributed by atoms with Crippen molar-refractivity contribution in [3.63, 3.8) is 0 Å². The molecule has 0 aliphatic rings. The predicted molar refractivity (Wildman–Crippen MR) is 65.3 cm³/mol. The third kappa shape index (κ3) is 1.79. The van der Waals surface area contributed by atoms with Crippen LogP contribution in [0, 0.1) is 18.6 Å². The number of benzene rings is 1. The van der Waals surface area contributed by atoms with Crippen molar-refractivity contribution >= 4 is 11.3 Å². The molecule has 0 aliphatic carbocycles. The van der Waals surface area contributed by atoms with Gasteiger partial charge in [0.05, 0.1) is 0 Å². The van der Waals surface area contributed by atoms with Gasteiger partial charge < -0.3 is 5.73 Å². The highest BCUT2D eigenvalue weighted by atomic mass is 19.2. The molecule has 0 atom stereocenters. The molecule has 0 bridgehead atoms. The lowest BCUT2D eigenvalue weighted by Gasteiger charge is -2.05. The van der Waals surface area contributed by atoms with Crippen molar-refractivity contribution < 1.29 is 8.78 Å². The first-order valence-electron chi connectivity index (χ1n) is 5.48. The molecule has 0 spiro atoms. The lowest BCUT2D eigenvalue weighted by molar-refractivity contribution is 0.509. The molecule has 1 aromatic carbocycles. The van der Waals surface area contributed by atoms with Gasteiger partial charge in [0, 0.05) is 29.1 Å². The number of aryl methyl sites for hydroxylation is 1. The average Bonchev–Trinajstić information content (AvgIpc) is 2.76. The van der Waals surface area contributed by atoms with E-state index in [9.17, 15) is 8.78 Å². The molecule has 2 aromatic heterocycles. The van der Waals surface area contributed by atoms with Gasteiger partial charge in [0.2, 0.25) is 0 Å². The predicted octanol–water partition coefficient (Wildman–Crippen LogP) is 1.96. The van der Waals surface area contributed by atoms with Gasteiger partial charge in [-0.05, 0) is 13.0 Å². The van der Waals surface area contributed by atoms with E-state index in [1.54, 1.807) is 10.5 Å². The second kappa shape index (κ2) is 3.98. The lowest BCUT2D eigenvalue weighted by Crippen LogP contribution is -1.98. The summed E-state index contributed by atoms with van der Waals surface area (Å²) in [6.45, 7) is 1.82. The first kappa shape index (κ1) is 11.5. The molecule has 96 valence electrons. The van der Waals surface area contributed by atoms with E-state index in [0.29, 0.717) is 11.5 Å². The number of fused-ring (bicyclic) bond motifs is 1. The Kier molecular flexibility index (Phi) is 2.41. The molecular formula is C12H9F2N5. The largest absolute Gasteiger partial charge is 0.398 e. The van der Waals surface area contributed by atoms with Gasteiger partial charge in [0.25, 0.3) is 0 Å². The fourth-order valence-corrected chi connectivity index (χ4v) is 1.83. The van der Waals surface area contributed by atoms with E-state index in [-0.39, 0.29) is 11.3 Å². The van der Waals surface area contributed by atoms with Crippen molar-refractivity contribution in [2.45, 2.75) is 6.92 Å². The van der Waals surface area contributed by atoms with Gasteiger partial charge in [-0.15, -0.1) is 10.2 Å². The number of nitrogens with zero attached hydrogens (tertiary/aromatic N) is 4. The zero-order chi connectivity index (χ0) is 13.6. The second-order valence-electron chi connectivity index (χ2n) is 4.14. The average molecular weight is 261 g/mol. The minimum absolute atomic E-state index is 0.0915. The van der Waals surface area contributed by atoms with Gasteiger partial charge in [-0.25, -0.2) is 13.8 Å². The summed E-state index contributed by atoms with van der Waals surface area (Å²) in [5, 5.41) is 7.89. The number of hydrogen-bond donors (Lipinski definition) is 1. The molecule has 7 heteroatoms. The second-order valence-corrected chi connectivity index (χ2v) is 4.14. The summed E-state index contributed by atoms with van der Waals surface area (Å²) in [7, 11) is 0. The Hall–Kier alpha value is -2.57. The first-order valence-corrected chi connectivity index (χ1v) is 5.48. The summed E-state index contributed by atoms with van der Waals surface area (Å²) < 4.78 is 27.9. The number of nitrogen functional groups attached to an aromatic ring is 1. The Bertz CT molecular complexity index is 781. The van der Waals surface area contributed by atoms with E-state index in [1.165, 1.54) is 6.33 Å². The molecule has 2 heterocycles. The van der Waals surface area contributed by atoms with Crippen LogP contribution in [-0.2, 0) is 0 Å². The van der Waals surface area contributed by atoms with Crippen molar-refractivity contribution in [2.75, 3.05) is 5.73 Å². The van der Waals surface area contributed by atoms with Gasteiger partial charge in [0.15, 0.2) is 23.1 Å². The van der Waals surface area contributed by atoms with Gasteiger partial charge in [-0.1, -0.05) is 0 Å². The van der Waals surface area contributed by atoms with Crippen LogP contribution in [0.3, 0.4) is 0 Å². The fourth-order valence-electron chi connectivity index (χ4n) is 1.83. The molecule has 0 unspecified atom stereocenters. The molecule has 0 radical (unpaired) electrons. The number of rotatable bonds is 1. The molecule has 3 rings (SSSR count). The fraction of sp³-hybridized carbons (Fsp3) is 0.0833. The topological polar surface area (TPSA) is 69.1 Å². The smallest absolute Gasteiger partial charge is 0.171 e. The summed E-state index contributed by atoms with van der Waals surface area (Å²) in [4.78, 5) is 4.11. The van der Waals surface area contributed by atoms with Crippen molar-refractivity contribution in [1.29, 1.82) is 0 Å². The van der Waals surface area contributed by atoms with Gasteiger partial charge >= 0.3 is 0 Å². The van der Waals surface area contributed by atoms with E-state index in [4.69, 9.17) is 5.73 Å². The van der Waals surface area contributed by atoms with Crippen LogP contribution in [0.2, 0.25) is 0 Å². The highest BCUT2D eigenvalue weighted by Crippen LogP contribution is 2.27. The zero-order valence-corrected chi connectivity index (χ0v) is 9.93. The van der Waals surface area contributed by atoms with E-state index < -0.39 is 11.6 Å². The molecule has 19 heavy (non-hydrogen) atoms. The van der Waals surface area contributed by atoms with Crippen LogP contribution in [-0.4, -0.2) is 19.6 Å². The number of hydrogen-bond acceptors (Lipinski definition) is 4. The summed E-state index contributed by atoms with van der Waals surface area (Å²) in [5.74, 6) is -1.66. The van der Waals surface area contributed by atoms with Crippen LogP contribution in [0.15, 0.2) is 24.5 Å². The molecule has 0 amide bonds. The normalized spacial score (nSPS) is 11.1. The van der Waals surface area contributed by atoms with Gasteiger partial charge in [-0.2, -0.15) is 0 Å².